The number of amides is 1. The van der Waals surface area contributed by atoms with Crippen molar-refractivity contribution in [2.75, 3.05) is 18.7 Å². The predicted molar refractivity (Wildman–Crippen MR) is 135 cm³/mol. The number of carbonyl (C=O) groups is 2. The summed E-state index contributed by atoms with van der Waals surface area (Å²) in [6.45, 7) is 3.38. The first-order chi connectivity index (χ1) is 16.9. The zero-order chi connectivity index (χ0) is 24.9. The Morgan fingerprint density at radius 2 is 1.80 bits per heavy atom. The molecule has 0 saturated heterocycles. The molecule has 0 fully saturated rings. The van der Waals surface area contributed by atoms with Gasteiger partial charge in [-0.25, -0.2) is 9.78 Å². The van der Waals surface area contributed by atoms with Crippen LogP contribution in [0.25, 0.3) is 16.9 Å². The van der Waals surface area contributed by atoms with Crippen LogP contribution in [0.4, 0.5) is 5.13 Å². The lowest BCUT2D eigenvalue weighted by atomic mass is 10.2. The summed E-state index contributed by atoms with van der Waals surface area (Å²) in [4.78, 5) is 29.6. The first-order valence-corrected chi connectivity index (χ1v) is 12.7. The van der Waals surface area contributed by atoms with Crippen molar-refractivity contribution in [3.63, 3.8) is 0 Å². The number of aromatic nitrogens is 4. The second-order valence-electron chi connectivity index (χ2n) is 7.42. The van der Waals surface area contributed by atoms with Crippen molar-refractivity contribution in [2.45, 2.75) is 25.1 Å². The van der Waals surface area contributed by atoms with Gasteiger partial charge in [-0.05, 0) is 68.6 Å². The Balaban J connectivity index is 1.36. The Morgan fingerprint density at radius 1 is 1.09 bits per heavy atom. The maximum Gasteiger partial charge on any atom is 0.338 e. The molecule has 2 aromatic carbocycles. The number of anilines is 1. The molecule has 9 nitrogen and oxygen atoms in total. The highest BCUT2D eigenvalue weighted by molar-refractivity contribution is 7.98. The van der Waals surface area contributed by atoms with Crippen molar-refractivity contribution in [3.05, 3.63) is 65.3 Å². The molecule has 1 atom stereocenters. The second-order valence-corrected chi connectivity index (χ2v) is 9.05. The van der Waals surface area contributed by atoms with E-state index < -0.39 is 18.0 Å². The molecule has 0 saturated carbocycles. The third kappa shape index (κ3) is 5.52. The van der Waals surface area contributed by atoms with E-state index in [1.165, 1.54) is 30.0 Å². The molecule has 1 unspecified atom stereocenters. The molecule has 0 aliphatic heterocycles. The summed E-state index contributed by atoms with van der Waals surface area (Å²) >= 11 is 2.77. The van der Waals surface area contributed by atoms with E-state index in [0.717, 1.165) is 33.7 Å². The number of nitrogens with one attached hydrogen (secondary N) is 1. The summed E-state index contributed by atoms with van der Waals surface area (Å²) in [6, 6.07) is 14.3. The molecule has 1 amide bonds. The van der Waals surface area contributed by atoms with E-state index in [0.29, 0.717) is 10.7 Å². The summed E-state index contributed by atoms with van der Waals surface area (Å²) in [7, 11) is 1.61. The minimum absolute atomic E-state index is 0.334. The molecule has 4 aromatic rings. The monoisotopic (exact) mass is 509 g/mol. The Labute approximate surface area is 210 Å². The standard InChI is InChI=1S/C24H23N5O4S2/c1-14(21(30)26-23-25-20(13-35-23)16-7-11-19(32-3)12-8-16)33-22(31)17-5-9-18(10-6-17)29-15(2)27-28-24(29)34-4/h5-14H,1-4H3,(H,25,26,30). The fourth-order valence-corrected chi connectivity index (χ4v) is 4.50. The number of ether oxygens (including phenoxy) is 2. The van der Waals surface area contributed by atoms with Gasteiger partial charge in [-0.3, -0.25) is 14.7 Å². The first-order valence-electron chi connectivity index (χ1n) is 10.6. The maximum atomic E-state index is 12.6. The van der Waals surface area contributed by atoms with Crippen molar-refractivity contribution < 1.29 is 19.1 Å². The molecule has 180 valence electrons. The average Bonchev–Trinajstić information content (AvgIpc) is 3.50. The zero-order valence-electron chi connectivity index (χ0n) is 19.5. The molecule has 2 heterocycles. The van der Waals surface area contributed by atoms with Crippen LogP contribution in [0.15, 0.2) is 59.1 Å². The minimum Gasteiger partial charge on any atom is -0.497 e. The lowest BCUT2D eigenvalue weighted by Gasteiger charge is -2.13. The first kappa shape index (κ1) is 24.4. The van der Waals surface area contributed by atoms with Gasteiger partial charge in [0.1, 0.15) is 11.6 Å². The van der Waals surface area contributed by atoms with Crippen LogP contribution < -0.4 is 10.1 Å². The number of carbonyl (C=O) groups excluding carboxylic acids is 2. The SMILES string of the molecule is COc1ccc(-c2csc(NC(=O)C(C)OC(=O)c3ccc(-n4c(C)nnc4SC)cc3)n2)cc1. The number of thiazole rings is 1. The highest BCUT2D eigenvalue weighted by Crippen LogP contribution is 2.27. The van der Waals surface area contributed by atoms with Gasteiger partial charge in [0.05, 0.1) is 18.4 Å². The second kappa shape index (κ2) is 10.7. The van der Waals surface area contributed by atoms with Crippen molar-refractivity contribution in [1.82, 2.24) is 19.7 Å². The lowest BCUT2D eigenvalue weighted by molar-refractivity contribution is -0.123. The quantitative estimate of drug-likeness (QED) is 0.271. The molecule has 11 heteroatoms. The Kier molecular flexibility index (Phi) is 7.47. The van der Waals surface area contributed by atoms with Gasteiger partial charge in [0.15, 0.2) is 16.4 Å². The third-order valence-electron chi connectivity index (χ3n) is 5.11. The molecule has 4 rings (SSSR count). The maximum absolute atomic E-state index is 12.6. The highest BCUT2D eigenvalue weighted by atomic mass is 32.2. The Bertz CT molecular complexity index is 1330. The predicted octanol–water partition coefficient (Wildman–Crippen LogP) is 4.61. The fraction of sp³-hybridized carbons (Fsp3) is 0.208. The van der Waals surface area contributed by atoms with Crippen LogP contribution >= 0.6 is 23.1 Å². The van der Waals surface area contributed by atoms with Crippen molar-refractivity contribution in [1.29, 1.82) is 0 Å². The summed E-state index contributed by atoms with van der Waals surface area (Å²) in [5.41, 5.74) is 2.79. The van der Waals surface area contributed by atoms with Gasteiger partial charge in [-0.2, -0.15) is 0 Å². The van der Waals surface area contributed by atoms with E-state index in [4.69, 9.17) is 9.47 Å². The lowest BCUT2D eigenvalue weighted by Crippen LogP contribution is -2.30. The smallest absolute Gasteiger partial charge is 0.338 e. The van der Waals surface area contributed by atoms with Gasteiger partial charge in [-0.15, -0.1) is 21.5 Å². The summed E-state index contributed by atoms with van der Waals surface area (Å²) < 4.78 is 12.4. The largest absolute Gasteiger partial charge is 0.497 e. The molecule has 1 N–H and O–H groups in total. The van der Waals surface area contributed by atoms with Gasteiger partial charge >= 0.3 is 5.97 Å². The summed E-state index contributed by atoms with van der Waals surface area (Å²) in [5, 5.41) is 13.9. The van der Waals surface area contributed by atoms with Gasteiger partial charge in [0.25, 0.3) is 5.91 Å². The normalized spacial score (nSPS) is 11.7. The number of hydrogen-bond acceptors (Lipinski definition) is 9. The van der Waals surface area contributed by atoms with Crippen LogP contribution in [0.3, 0.4) is 0 Å². The number of esters is 1. The topological polar surface area (TPSA) is 108 Å². The van der Waals surface area contributed by atoms with E-state index in [1.807, 2.05) is 47.4 Å². The number of nitrogens with zero attached hydrogens (tertiary/aromatic N) is 4. The molecule has 2 aromatic heterocycles. The van der Waals surface area contributed by atoms with E-state index >= 15 is 0 Å². The molecule has 0 aliphatic carbocycles. The third-order valence-corrected chi connectivity index (χ3v) is 6.50. The van der Waals surface area contributed by atoms with Gasteiger partial charge < -0.3 is 9.47 Å². The van der Waals surface area contributed by atoms with Crippen LogP contribution in [-0.2, 0) is 9.53 Å². The zero-order valence-corrected chi connectivity index (χ0v) is 21.1. The highest BCUT2D eigenvalue weighted by Gasteiger charge is 2.21. The number of rotatable bonds is 8. The van der Waals surface area contributed by atoms with Gasteiger partial charge in [0.2, 0.25) is 0 Å². The van der Waals surface area contributed by atoms with Crippen LogP contribution in [-0.4, -0.2) is 51.1 Å². The molecular weight excluding hydrogens is 486 g/mol. The number of aryl methyl sites for hydroxylation is 1. The minimum atomic E-state index is -1.00. The Morgan fingerprint density at radius 3 is 2.46 bits per heavy atom. The number of thioether (sulfide) groups is 1. The molecular formula is C24H23N5O4S2. The van der Waals surface area contributed by atoms with Gasteiger partial charge in [0, 0.05) is 16.6 Å². The van der Waals surface area contributed by atoms with Crippen LogP contribution in [0.1, 0.15) is 23.1 Å². The fourth-order valence-electron chi connectivity index (χ4n) is 3.23. The molecule has 35 heavy (non-hydrogen) atoms. The molecule has 0 aliphatic rings. The molecule has 0 bridgehead atoms. The van der Waals surface area contributed by atoms with Crippen molar-refractivity contribution in [3.8, 4) is 22.7 Å². The number of benzene rings is 2. The van der Waals surface area contributed by atoms with E-state index in [1.54, 1.807) is 31.4 Å². The molecule has 0 radical (unpaired) electrons. The number of methoxy groups -OCH3 is 1. The molecule has 0 spiro atoms. The van der Waals surface area contributed by atoms with Crippen LogP contribution in [0.2, 0.25) is 0 Å². The van der Waals surface area contributed by atoms with Gasteiger partial charge in [-0.1, -0.05) is 11.8 Å². The summed E-state index contributed by atoms with van der Waals surface area (Å²) in [5.74, 6) is 0.437. The Hall–Kier alpha value is -3.70. The van der Waals surface area contributed by atoms with E-state index in [2.05, 4.69) is 20.5 Å². The average molecular weight is 510 g/mol. The van der Waals surface area contributed by atoms with E-state index in [-0.39, 0.29) is 0 Å². The van der Waals surface area contributed by atoms with Crippen LogP contribution in [0.5, 0.6) is 5.75 Å². The van der Waals surface area contributed by atoms with E-state index in [9.17, 15) is 9.59 Å². The van der Waals surface area contributed by atoms with Crippen molar-refractivity contribution in [2.24, 2.45) is 0 Å². The summed E-state index contributed by atoms with van der Waals surface area (Å²) in [6.07, 6.45) is 0.919. The number of hydrogen-bond donors (Lipinski definition) is 1. The van der Waals surface area contributed by atoms with Crippen molar-refractivity contribution >= 4 is 40.1 Å². The van der Waals surface area contributed by atoms with Crippen LogP contribution in [0, 0.1) is 6.92 Å².